The van der Waals surface area contributed by atoms with Gasteiger partial charge in [0.05, 0.1) is 18.2 Å². The maximum absolute atomic E-state index is 5.09. The predicted molar refractivity (Wildman–Crippen MR) is 214 cm³/mol. The van der Waals surface area contributed by atoms with Crippen LogP contribution in [0.4, 0.5) is 5.69 Å². The number of H-pyrrole nitrogens is 1. The Labute approximate surface area is 304 Å². The van der Waals surface area contributed by atoms with Gasteiger partial charge >= 0.3 is 0 Å². The van der Waals surface area contributed by atoms with E-state index in [1.807, 2.05) is 30.7 Å². The number of imidazole rings is 1. The maximum Gasteiger partial charge on any atom is 0.180 e. The smallest absolute Gasteiger partial charge is 0.180 e. The van der Waals surface area contributed by atoms with E-state index >= 15 is 0 Å². The lowest BCUT2D eigenvalue weighted by molar-refractivity contribution is 0.408. The Bertz CT molecular complexity index is 1580. The molecule has 6 nitrogen and oxygen atoms in total. The van der Waals surface area contributed by atoms with Crippen LogP contribution in [-0.4, -0.2) is 26.2 Å². The van der Waals surface area contributed by atoms with Crippen molar-refractivity contribution in [1.82, 2.24) is 19.9 Å². The third-order valence-corrected chi connectivity index (χ3v) is 8.14. The molecule has 0 atom stereocenters. The average Bonchev–Trinajstić information content (AvgIpc) is 3.84. The number of allylic oxidation sites excluding steroid dienone is 4. The Morgan fingerprint density at radius 1 is 0.680 bits per heavy atom. The van der Waals surface area contributed by atoms with Crippen LogP contribution in [0.3, 0.4) is 0 Å². The molecule has 1 aliphatic carbocycles. The number of oxazole rings is 1. The summed E-state index contributed by atoms with van der Waals surface area (Å²) in [6.45, 7) is 32.7. The fourth-order valence-electron chi connectivity index (χ4n) is 4.63. The van der Waals surface area contributed by atoms with Crippen LogP contribution >= 0.6 is 0 Å². The van der Waals surface area contributed by atoms with E-state index in [4.69, 9.17) is 4.42 Å². The zero-order chi connectivity index (χ0) is 37.8. The van der Waals surface area contributed by atoms with Gasteiger partial charge in [0.2, 0.25) is 0 Å². The lowest BCUT2D eigenvalue weighted by Gasteiger charge is -2.19. The molecular formula is C44H65N5O. The third-order valence-electron chi connectivity index (χ3n) is 8.14. The largest absolute Gasteiger partial charge is 0.448 e. The number of benzene rings is 1. The molecular weight excluding hydrogens is 615 g/mol. The van der Waals surface area contributed by atoms with Gasteiger partial charge in [-0.25, -0.2) is 9.97 Å². The van der Waals surface area contributed by atoms with E-state index in [0.717, 1.165) is 30.0 Å². The molecule has 6 heteroatoms. The van der Waals surface area contributed by atoms with Crippen LogP contribution in [0.2, 0.25) is 0 Å². The second kappa shape index (κ2) is 17.7. The van der Waals surface area contributed by atoms with Gasteiger partial charge in [-0.05, 0) is 46.6 Å². The van der Waals surface area contributed by atoms with Crippen molar-refractivity contribution in [2.24, 2.45) is 10.4 Å². The Kier molecular flexibility index (Phi) is 14.9. The topological polar surface area (TPSA) is 80.0 Å². The van der Waals surface area contributed by atoms with Crippen LogP contribution in [0.15, 0.2) is 101 Å². The van der Waals surface area contributed by atoms with Gasteiger partial charge in [0, 0.05) is 52.7 Å². The SMILES string of the molecule is CC(C)(C)C1=CC=CC1.CC(C)(C)c1ccc2c(c1)N=CC2.CC(C)(C)c1ccccn1.CC(C)(C)c1cnc[nH]1.CC(C)(C)c1cnco1. The normalized spacial score (nSPS) is 13.7. The highest BCUT2D eigenvalue weighted by molar-refractivity contribution is 5.76. The number of nitrogens with zero attached hydrogens (tertiary/aromatic N) is 4. The molecule has 0 saturated heterocycles. The van der Waals surface area contributed by atoms with Crippen molar-refractivity contribution >= 4 is 11.9 Å². The fraction of sp³-hybridized carbons (Fsp3) is 0.500. The first-order valence-electron chi connectivity index (χ1n) is 17.8. The second-order valence-corrected chi connectivity index (χ2v) is 18.0. The van der Waals surface area contributed by atoms with E-state index in [1.54, 1.807) is 18.1 Å². The number of pyridine rings is 1. The van der Waals surface area contributed by atoms with Crippen LogP contribution in [0.1, 0.15) is 139 Å². The molecule has 2 aliphatic rings. The number of aliphatic imine (C=N–C) groups is 1. The van der Waals surface area contributed by atoms with E-state index in [0.29, 0.717) is 5.41 Å². The monoisotopic (exact) mass is 680 g/mol. The van der Waals surface area contributed by atoms with Crippen LogP contribution in [0, 0.1) is 5.41 Å². The molecule has 0 spiro atoms. The van der Waals surface area contributed by atoms with Gasteiger partial charge in [0.1, 0.15) is 5.76 Å². The van der Waals surface area contributed by atoms with E-state index in [2.05, 4.69) is 171 Å². The van der Waals surface area contributed by atoms with Crippen molar-refractivity contribution in [3.63, 3.8) is 0 Å². The Hall–Kier alpha value is -4.06. The summed E-state index contributed by atoms with van der Waals surface area (Å²) in [5.74, 6) is 0.933. The van der Waals surface area contributed by atoms with Gasteiger partial charge in [-0.2, -0.15) is 0 Å². The highest BCUT2D eigenvalue weighted by Crippen LogP contribution is 2.31. The predicted octanol–water partition coefficient (Wildman–Crippen LogP) is 12.2. The minimum Gasteiger partial charge on any atom is -0.448 e. The molecule has 3 aromatic heterocycles. The summed E-state index contributed by atoms with van der Waals surface area (Å²) in [7, 11) is 0. The molecule has 0 amide bonds. The summed E-state index contributed by atoms with van der Waals surface area (Å²) in [6, 6.07) is 12.6. The van der Waals surface area contributed by atoms with E-state index < -0.39 is 0 Å². The zero-order valence-corrected chi connectivity index (χ0v) is 33.8. The number of aromatic nitrogens is 4. The Morgan fingerprint density at radius 3 is 1.74 bits per heavy atom. The van der Waals surface area contributed by atoms with Crippen molar-refractivity contribution in [2.75, 3.05) is 0 Å². The highest BCUT2D eigenvalue weighted by Gasteiger charge is 2.18. The summed E-state index contributed by atoms with van der Waals surface area (Å²) in [6.07, 6.45) is 19.3. The number of fused-ring (bicyclic) bond motifs is 1. The molecule has 0 fully saturated rings. The van der Waals surface area contributed by atoms with Gasteiger partial charge in [0.25, 0.3) is 0 Å². The van der Waals surface area contributed by atoms with Crippen LogP contribution in [0.25, 0.3) is 0 Å². The first kappa shape index (κ1) is 42.1. The summed E-state index contributed by atoms with van der Waals surface area (Å²) < 4.78 is 5.09. The van der Waals surface area contributed by atoms with E-state index in [-0.39, 0.29) is 21.7 Å². The van der Waals surface area contributed by atoms with Gasteiger partial charge in [0.15, 0.2) is 6.39 Å². The van der Waals surface area contributed by atoms with Crippen molar-refractivity contribution < 1.29 is 4.42 Å². The van der Waals surface area contributed by atoms with Crippen molar-refractivity contribution in [1.29, 1.82) is 0 Å². The summed E-state index contributed by atoms with van der Waals surface area (Å²) >= 11 is 0. The van der Waals surface area contributed by atoms with Crippen molar-refractivity contribution in [3.05, 3.63) is 120 Å². The van der Waals surface area contributed by atoms with Crippen LogP contribution in [-0.2, 0) is 28.1 Å². The molecule has 50 heavy (non-hydrogen) atoms. The van der Waals surface area contributed by atoms with Gasteiger partial charge < -0.3 is 9.40 Å². The Balaban J connectivity index is 0.000000219. The van der Waals surface area contributed by atoms with Gasteiger partial charge in [-0.15, -0.1) is 0 Å². The van der Waals surface area contributed by atoms with Gasteiger partial charge in [-0.1, -0.05) is 146 Å². The molecule has 0 unspecified atom stereocenters. The molecule has 1 aliphatic heterocycles. The van der Waals surface area contributed by atoms with Gasteiger partial charge in [-0.3, -0.25) is 9.98 Å². The maximum atomic E-state index is 5.09. The van der Waals surface area contributed by atoms with E-state index in [9.17, 15) is 0 Å². The lowest BCUT2D eigenvalue weighted by atomic mass is 9.86. The second-order valence-electron chi connectivity index (χ2n) is 18.0. The molecule has 1 aromatic carbocycles. The van der Waals surface area contributed by atoms with E-state index in [1.165, 1.54) is 23.2 Å². The molecule has 1 N–H and O–H groups in total. The molecule has 0 saturated carbocycles. The zero-order valence-electron chi connectivity index (χ0n) is 33.8. The molecule has 4 aromatic rings. The van der Waals surface area contributed by atoms with Crippen LogP contribution in [0.5, 0.6) is 0 Å². The number of hydrogen-bond acceptors (Lipinski definition) is 5. The minimum absolute atomic E-state index is 0.0938. The minimum atomic E-state index is 0.0938. The first-order chi connectivity index (χ1) is 23.0. The lowest BCUT2D eigenvalue weighted by Crippen LogP contribution is -2.12. The van der Waals surface area contributed by atoms with Crippen molar-refractivity contribution in [2.45, 2.75) is 138 Å². The van der Waals surface area contributed by atoms with Crippen LogP contribution < -0.4 is 0 Å². The molecule has 4 heterocycles. The summed E-state index contributed by atoms with van der Waals surface area (Å²) in [5.41, 5.74) is 8.84. The molecule has 272 valence electrons. The highest BCUT2D eigenvalue weighted by atomic mass is 16.3. The number of nitrogens with one attached hydrogen (secondary N) is 1. The number of aromatic amines is 1. The number of rotatable bonds is 0. The van der Waals surface area contributed by atoms with Crippen molar-refractivity contribution in [3.8, 4) is 0 Å². The molecule has 6 rings (SSSR count). The Morgan fingerprint density at radius 2 is 1.38 bits per heavy atom. The molecule has 0 radical (unpaired) electrons. The average molecular weight is 680 g/mol. The summed E-state index contributed by atoms with van der Waals surface area (Å²) in [4.78, 5) is 19.4. The standard InChI is InChI=1S/C12H15N.C9H13N.C9H14.C7H12N2.C7H11NO/c1-12(2,3)10-5-4-9-6-7-13-11(9)8-10;1-9(2,3)8-6-4-5-7-10-8;1-9(2,3)8-6-4-5-7-8;2*1-7(2,3)6-4-8-5-9-6/h4-5,7-8H,6H2,1-3H3;4-7H,1-3H3;4-6H,7H2,1-3H3;4-5H,1-3H3,(H,8,9);4-5H,1-3H3. The fourth-order valence-corrected chi connectivity index (χ4v) is 4.63. The quantitative estimate of drug-likeness (QED) is 0.201. The molecule has 0 bridgehead atoms. The third kappa shape index (κ3) is 14.8. The first-order valence-corrected chi connectivity index (χ1v) is 17.8. The summed E-state index contributed by atoms with van der Waals surface area (Å²) in [5, 5.41) is 0. The number of hydrogen-bond donors (Lipinski definition) is 1.